The molecular formula is C28H26ClN3O4. The third kappa shape index (κ3) is 5.36. The van der Waals surface area contributed by atoms with Crippen molar-refractivity contribution in [2.75, 3.05) is 5.32 Å². The fraction of sp³-hybridized carbons (Fsp3) is 0.250. The molecule has 8 heteroatoms. The maximum Gasteiger partial charge on any atom is 0.411 e. The third-order valence-corrected chi connectivity index (χ3v) is 6.55. The van der Waals surface area contributed by atoms with E-state index in [0.717, 1.165) is 24.0 Å². The molecule has 2 aliphatic rings. The molecule has 3 aromatic rings. The van der Waals surface area contributed by atoms with Crippen LogP contribution in [-0.2, 0) is 16.1 Å². The van der Waals surface area contributed by atoms with Gasteiger partial charge in [0.1, 0.15) is 0 Å². The van der Waals surface area contributed by atoms with Crippen molar-refractivity contribution in [3.63, 3.8) is 0 Å². The lowest BCUT2D eigenvalue weighted by atomic mass is 10.00. The Kier molecular flexibility index (Phi) is 6.65. The summed E-state index contributed by atoms with van der Waals surface area (Å²) >= 11 is 6.01. The third-order valence-electron chi connectivity index (χ3n) is 6.31. The number of amides is 3. The van der Waals surface area contributed by atoms with E-state index in [2.05, 4.69) is 10.6 Å². The minimum absolute atomic E-state index is 0.137. The average Bonchev–Trinajstić information content (AvgIpc) is 3.62. The van der Waals surface area contributed by atoms with Gasteiger partial charge in [0.15, 0.2) is 12.1 Å². The van der Waals surface area contributed by atoms with Gasteiger partial charge in [-0.05, 0) is 61.2 Å². The molecule has 0 aromatic heterocycles. The van der Waals surface area contributed by atoms with Gasteiger partial charge in [0.05, 0.1) is 6.54 Å². The Balaban J connectivity index is 1.40. The van der Waals surface area contributed by atoms with Gasteiger partial charge < -0.3 is 15.4 Å². The maximum absolute atomic E-state index is 13.3. The van der Waals surface area contributed by atoms with Crippen LogP contribution in [0.25, 0.3) is 0 Å². The highest BCUT2D eigenvalue weighted by atomic mass is 35.5. The van der Waals surface area contributed by atoms with E-state index in [9.17, 15) is 14.4 Å². The van der Waals surface area contributed by atoms with Gasteiger partial charge in [0.25, 0.3) is 5.91 Å². The molecule has 1 aliphatic carbocycles. The predicted octanol–water partition coefficient (Wildman–Crippen LogP) is 5.24. The fourth-order valence-corrected chi connectivity index (χ4v) is 4.43. The molecule has 0 radical (unpaired) electrons. The number of aryl methyl sites for hydroxylation is 1. The van der Waals surface area contributed by atoms with E-state index in [1.807, 2.05) is 31.2 Å². The van der Waals surface area contributed by atoms with Gasteiger partial charge in [-0.15, -0.1) is 0 Å². The minimum Gasteiger partial charge on any atom is -0.438 e. The SMILES string of the molecule is Cc1ccc(CN2C(=O)O[C@H](c3cccc(NC(=O)c4cccc(Cl)c4)c3)[C@@H]2C(=O)NC2CC2)cc1. The first-order valence-electron chi connectivity index (χ1n) is 11.9. The number of rotatable bonds is 7. The molecule has 1 aliphatic heterocycles. The molecule has 184 valence electrons. The van der Waals surface area contributed by atoms with Crippen molar-refractivity contribution in [3.8, 4) is 0 Å². The van der Waals surface area contributed by atoms with Gasteiger partial charge in [-0.1, -0.05) is 59.6 Å². The summed E-state index contributed by atoms with van der Waals surface area (Å²) in [6.45, 7) is 2.25. The summed E-state index contributed by atoms with van der Waals surface area (Å²) in [6, 6.07) is 20.8. The van der Waals surface area contributed by atoms with Crippen LogP contribution in [0, 0.1) is 6.92 Å². The number of hydrogen-bond donors (Lipinski definition) is 2. The largest absolute Gasteiger partial charge is 0.438 e. The molecule has 0 spiro atoms. The van der Waals surface area contributed by atoms with Crippen LogP contribution in [0.5, 0.6) is 0 Å². The predicted molar refractivity (Wildman–Crippen MR) is 137 cm³/mol. The number of nitrogens with one attached hydrogen (secondary N) is 2. The normalized spacial score (nSPS) is 19.1. The monoisotopic (exact) mass is 503 g/mol. The molecule has 7 nitrogen and oxygen atoms in total. The number of benzene rings is 3. The highest BCUT2D eigenvalue weighted by Crippen LogP contribution is 2.36. The molecular weight excluding hydrogens is 478 g/mol. The maximum atomic E-state index is 13.3. The smallest absolute Gasteiger partial charge is 0.411 e. The molecule has 1 saturated carbocycles. The second-order valence-corrected chi connectivity index (χ2v) is 9.67. The van der Waals surface area contributed by atoms with Crippen LogP contribution in [0.4, 0.5) is 10.5 Å². The second kappa shape index (κ2) is 10.0. The summed E-state index contributed by atoms with van der Waals surface area (Å²) in [5.41, 5.74) is 3.58. The van der Waals surface area contributed by atoms with E-state index in [-0.39, 0.29) is 24.4 Å². The lowest BCUT2D eigenvalue weighted by Crippen LogP contribution is -2.46. The summed E-state index contributed by atoms with van der Waals surface area (Å²) in [6.07, 6.45) is 0.497. The van der Waals surface area contributed by atoms with Crippen LogP contribution in [-0.4, -0.2) is 34.9 Å². The van der Waals surface area contributed by atoms with E-state index in [0.29, 0.717) is 21.8 Å². The number of halogens is 1. The molecule has 36 heavy (non-hydrogen) atoms. The lowest BCUT2D eigenvalue weighted by Gasteiger charge is -2.24. The topological polar surface area (TPSA) is 87.7 Å². The molecule has 0 unspecified atom stereocenters. The number of anilines is 1. The highest BCUT2D eigenvalue weighted by molar-refractivity contribution is 6.31. The molecule has 2 N–H and O–H groups in total. The Bertz CT molecular complexity index is 1310. The number of nitrogens with zero attached hydrogens (tertiary/aromatic N) is 1. The quantitative estimate of drug-likeness (QED) is 0.461. The van der Waals surface area contributed by atoms with Crippen LogP contribution in [0.3, 0.4) is 0 Å². The Morgan fingerprint density at radius 3 is 2.50 bits per heavy atom. The van der Waals surface area contributed by atoms with E-state index in [4.69, 9.17) is 16.3 Å². The first-order chi connectivity index (χ1) is 17.4. The molecule has 1 heterocycles. The van der Waals surface area contributed by atoms with Gasteiger partial charge in [0.2, 0.25) is 5.91 Å². The summed E-state index contributed by atoms with van der Waals surface area (Å²) in [4.78, 5) is 40.4. The molecule has 1 saturated heterocycles. The first-order valence-corrected chi connectivity index (χ1v) is 12.3. The van der Waals surface area contributed by atoms with Gasteiger partial charge in [0, 0.05) is 22.3 Å². The highest BCUT2D eigenvalue weighted by Gasteiger charge is 2.48. The number of ether oxygens (including phenoxy) is 1. The van der Waals surface area contributed by atoms with Crippen LogP contribution < -0.4 is 10.6 Å². The lowest BCUT2D eigenvalue weighted by molar-refractivity contribution is -0.126. The average molecular weight is 504 g/mol. The van der Waals surface area contributed by atoms with Crippen molar-refractivity contribution in [2.45, 2.75) is 44.5 Å². The van der Waals surface area contributed by atoms with Crippen molar-refractivity contribution in [1.82, 2.24) is 10.2 Å². The summed E-state index contributed by atoms with van der Waals surface area (Å²) in [5.74, 6) is -0.559. The zero-order valence-corrected chi connectivity index (χ0v) is 20.5. The number of cyclic esters (lactones) is 1. The molecule has 2 fully saturated rings. The van der Waals surface area contributed by atoms with E-state index >= 15 is 0 Å². The number of carbonyl (C=O) groups excluding carboxylic acids is 3. The molecule has 5 rings (SSSR count). The van der Waals surface area contributed by atoms with Gasteiger partial charge in [-0.2, -0.15) is 0 Å². The van der Waals surface area contributed by atoms with Crippen LogP contribution >= 0.6 is 11.6 Å². The molecule has 2 atom stereocenters. The Hall–Kier alpha value is -3.84. The first kappa shape index (κ1) is 23.9. The molecule has 0 bridgehead atoms. The van der Waals surface area contributed by atoms with Crippen molar-refractivity contribution >= 4 is 35.2 Å². The van der Waals surface area contributed by atoms with Crippen molar-refractivity contribution < 1.29 is 19.1 Å². The Morgan fingerprint density at radius 1 is 1.03 bits per heavy atom. The van der Waals surface area contributed by atoms with E-state index in [1.165, 1.54) is 4.90 Å². The van der Waals surface area contributed by atoms with E-state index in [1.54, 1.807) is 48.5 Å². The Labute approximate surface area is 214 Å². The van der Waals surface area contributed by atoms with Gasteiger partial charge in [-0.3, -0.25) is 14.5 Å². The Morgan fingerprint density at radius 2 is 1.78 bits per heavy atom. The minimum atomic E-state index is -0.835. The zero-order valence-electron chi connectivity index (χ0n) is 19.7. The van der Waals surface area contributed by atoms with Gasteiger partial charge in [-0.25, -0.2) is 4.79 Å². The molecule has 3 aromatic carbocycles. The van der Waals surface area contributed by atoms with Crippen LogP contribution in [0.15, 0.2) is 72.8 Å². The van der Waals surface area contributed by atoms with Gasteiger partial charge >= 0.3 is 6.09 Å². The standard InChI is InChI=1S/C28H26ClN3O4/c1-17-8-10-18(11-9-17)16-32-24(27(34)30-22-12-13-22)25(36-28(32)35)19-4-3-7-23(15-19)31-26(33)20-5-2-6-21(29)14-20/h2-11,14-15,22,24-25H,12-13,16H2,1H3,(H,30,34)(H,31,33)/t24-,25-/m1/s1. The summed E-state index contributed by atoms with van der Waals surface area (Å²) < 4.78 is 5.75. The number of hydrogen-bond acceptors (Lipinski definition) is 4. The van der Waals surface area contributed by atoms with E-state index < -0.39 is 18.2 Å². The van der Waals surface area contributed by atoms with Crippen molar-refractivity contribution in [1.29, 1.82) is 0 Å². The van der Waals surface area contributed by atoms with Crippen molar-refractivity contribution in [2.24, 2.45) is 0 Å². The number of carbonyl (C=O) groups is 3. The molecule has 3 amide bonds. The van der Waals surface area contributed by atoms with Crippen LogP contribution in [0.2, 0.25) is 5.02 Å². The van der Waals surface area contributed by atoms with Crippen molar-refractivity contribution in [3.05, 3.63) is 100 Å². The van der Waals surface area contributed by atoms with Crippen LogP contribution in [0.1, 0.15) is 46.0 Å². The zero-order chi connectivity index (χ0) is 25.2. The summed E-state index contributed by atoms with van der Waals surface area (Å²) in [5, 5.41) is 6.34. The fourth-order valence-electron chi connectivity index (χ4n) is 4.24. The summed E-state index contributed by atoms with van der Waals surface area (Å²) in [7, 11) is 0. The second-order valence-electron chi connectivity index (χ2n) is 9.24.